The summed E-state index contributed by atoms with van der Waals surface area (Å²) in [7, 11) is 1.40. The number of esters is 1. The van der Waals surface area contributed by atoms with E-state index in [1.54, 1.807) is 0 Å². The summed E-state index contributed by atoms with van der Waals surface area (Å²) in [6.07, 6.45) is 0. The zero-order chi connectivity index (χ0) is 11.4. The molecule has 0 saturated carbocycles. The van der Waals surface area contributed by atoms with Gasteiger partial charge in [-0.1, -0.05) is 13.8 Å². The molecule has 1 N–H and O–H groups in total. The number of rotatable bonds is 4. The minimum Gasteiger partial charge on any atom is -0.467 e. The van der Waals surface area contributed by atoms with Crippen molar-refractivity contribution in [3.8, 4) is 0 Å². The maximum Gasteiger partial charge on any atom is 0.328 e. The minimum absolute atomic E-state index is 0.168. The number of nitrogens with zero attached hydrogens (tertiary/aromatic N) is 1. The summed E-state index contributed by atoms with van der Waals surface area (Å²) in [5, 5.41) is 5.79. The molecule has 5 heteroatoms. The summed E-state index contributed by atoms with van der Waals surface area (Å²) >= 11 is 1.49. The van der Waals surface area contributed by atoms with Crippen molar-refractivity contribution in [1.29, 1.82) is 0 Å². The number of carbonyl (C=O) groups excluding carboxylic acids is 1. The SMILES string of the molecule is COC(=O)C(Nc1nc(C)cs1)C(C)C. The van der Waals surface area contributed by atoms with Crippen molar-refractivity contribution in [2.24, 2.45) is 5.92 Å². The molecule has 0 amide bonds. The quantitative estimate of drug-likeness (QED) is 0.801. The minimum atomic E-state index is -0.333. The van der Waals surface area contributed by atoms with Gasteiger partial charge in [-0.2, -0.15) is 0 Å². The van der Waals surface area contributed by atoms with Gasteiger partial charge in [0.15, 0.2) is 5.13 Å². The Hall–Kier alpha value is -1.10. The molecule has 0 radical (unpaired) electrons. The number of hydrogen-bond acceptors (Lipinski definition) is 5. The predicted octanol–water partition coefficient (Wildman–Crippen LogP) is 2.06. The smallest absolute Gasteiger partial charge is 0.328 e. The zero-order valence-corrected chi connectivity index (χ0v) is 10.2. The summed E-state index contributed by atoms with van der Waals surface area (Å²) in [4.78, 5) is 15.7. The van der Waals surface area contributed by atoms with E-state index in [9.17, 15) is 4.79 Å². The number of ether oxygens (including phenoxy) is 1. The highest BCUT2D eigenvalue weighted by atomic mass is 32.1. The van der Waals surface area contributed by atoms with E-state index >= 15 is 0 Å². The van der Waals surface area contributed by atoms with Crippen molar-refractivity contribution in [2.75, 3.05) is 12.4 Å². The average Bonchev–Trinajstić information content (AvgIpc) is 2.59. The van der Waals surface area contributed by atoms with Crippen LogP contribution in [0.4, 0.5) is 5.13 Å². The standard InChI is InChI=1S/C10H16N2O2S/c1-6(2)8(9(13)14-4)12-10-11-7(3)5-15-10/h5-6,8H,1-4H3,(H,11,12). The van der Waals surface area contributed by atoms with Crippen LogP contribution in [-0.4, -0.2) is 24.1 Å². The van der Waals surface area contributed by atoms with Gasteiger partial charge in [-0.25, -0.2) is 9.78 Å². The van der Waals surface area contributed by atoms with Crippen LogP contribution >= 0.6 is 11.3 Å². The maximum absolute atomic E-state index is 11.5. The molecule has 0 spiro atoms. The second-order valence-electron chi connectivity index (χ2n) is 3.68. The van der Waals surface area contributed by atoms with Crippen LogP contribution in [0.1, 0.15) is 19.5 Å². The zero-order valence-electron chi connectivity index (χ0n) is 9.40. The van der Waals surface area contributed by atoms with Crippen LogP contribution in [0.25, 0.3) is 0 Å². The fourth-order valence-electron chi connectivity index (χ4n) is 1.18. The molecule has 15 heavy (non-hydrogen) atoms. The third kappa shape index (κ3) is 3.20. The third-order valence-electron chi connectivity index (χ3n) is 2.02. The van der Waals surface area contributed by atoms with Gasteiger partial charge in [-0.15, -0.1) is 11.3 Å². The van der Waals surface area contributed by atoms with Gasteiger partial charge in [0.2, 0.25) is 0 Å². The molecule has 0 aliphatic heterocycles. The molecule has 84 valence electrons. The first-order chi connectivity index (χ1) is 7.04. The molecule has 0 aromatic carbocycles. The molecule has 0 fully saturated rings. The fraction of sp³-hybridized carbons (Fsp3) is 0.600. The molecule has 4 nitrogen and oxygen atoms in total. The third-order valence-corrected chi connectivity index (χ3v) is 2.91. The van der Waals surface area contributed by atoms with Crippen molar-refractivity contribution < 1.29 is 9.53 Å². The average molecular weight is 228 g/mol. The number of carbonyl (C=O) groups is 1. The van der Waals surface area contributed by atoms with Gasteiger partial charge in [0, 0.05) is 5.38 Å². The molecule has 0 aliphatic carbocycles. The van der Waals surface area contributed by atoms with Crippen LogP contribution in [-0.2, 0) is 9.53 Å². The van der Waals surface area contributed by atoms with E-state index in [1.807, 2.05) is 26.2 Å². The van der Waals surface area contributed by atoms with Crippen molar-refractivity contribution in [2.45, 2.75) is 26.8 Å². The van der Waals surface area contributed by atoms with E-state index in [-0.39, 0.29) is 17.9 Å². The fourth-order valence-corrected chi connectivity index (χ4v) is 1.90. The van der Waals surface area contributed by atoms with E-state index in [0.29, 0.717) is 0 Å². The Kier molecular flexibility index (Phi) is 4.08. The molecular weight excluding hydrogens is 212 g/mol. The molecule has 1 heterocycles. The van der Waals surface area contributed by atoms with Crippen molar-refractivity contribution >= 4 is 22.4 Å². The highest BCUT2D eigenvalue weighted by molar-refractivity contribution is 7.13. The van der Waals surface area contributed by atoms with Crippen LogP contribution in [0.3, 0.4) is 0 Å². The second-order valence-corrected chi connectivity index (χ2v) is 4.54. The molecule has 0 bridgehead atoms. The molecule has 1 rings (SSSR count). The van der Waals surface area contributed by atoms with Crippen LogP contribution in [0.15, 0.2) is 5.38 Å². The number of aromatic nitrogens is 1. The first kappa shape index (κ1) is 12.0. The van der Waals surface area contributed by atoms with E-state index in [1.165, 1.54) is 18.4 Å². The topological polar surface area (TPSA) is 51.2 Å². The van der Waals surface area contributed by atoms with Crippen LogP contribution < -0.4 is 5.32 Å². The monoisotopic (exact) mass is 228 g/mol. The number of methoxy groups -OCH3 is 1. The van der Waals surface area contributed by atoms with Crippen LogP contribution in [0.2, 0.25) is 0 Å². The van der Waals surface area contributed by atoms with Crippen LogP contribution in [0, 0.1) is 12.8 Å². The second kappa shape index (κ2) is 5.11. The van der Waals surface area contributed by atoms with Gasteiger partial charge in [-0.05, 0) is 12.8 Å². The number of anilines is 1. The Bertz CT molecular complexity index is 336. The van der Waals surface area contributed by atoms with Gasteiger partial charge in [0.25, 0.3) is 0 Å². The molecular formula is C10H16N2O2S. The van der Waals surface area contributed by atoms with Gasteiger partial charge >= 0.3 is 5.97 Å². The molecule has 1 aromatic heterocycles. The van der Waals surface area contributed by atoms with Gasteiger partial charge < -0.3 is 10.1 Å². The van der Waals surface area contributed by atoms with E-state index < -0.39 is 0 Å². The molecule has 0 saturated heterocycles. The molecule has 1 unspecified atom stereocenters. The Morgan fingerprint density at radius 1 is 1.60 bits per heavy atom. The lowest BCUT2D eigenvalue weighted by Gasteiger charge is -2.18. The summed E-state index contributed by atoms with van der Waals surface area (Å²) in [6.45, 7) is 5.86. The van der Waals surface area contributed by atoms with Gasteiger partial charge in [0.1, 0.15) is 6.04 Å². The number of hydrogen-bond donors (Lipinski definition) is 1. The lowest BCUT2D eigenvalue weighted by atomic mass is 10.1. The Morgan fingerprint density at radius 3 is 2.67 bits per heavy atom. The van der Waals surface area contributed by atoms with Crippen molar-refractivity contribution in [1.82, 2.24) is 4.98 Å². The number of thiazole rings is 1. The molecule has 1 aromatic rings. The van der Waals surface area contributed by atoms with E-state index in [0.717, 1.165) is 10.8 Å². The van der Waals surface area contributed by atoms with E-state index in [4.69, 9.17) is 4.74 Å². The Labute approximate surface area is 93.7 Å². The normalized spacial score (nSPS) is 12.6. The molecule has 0 aliphatic rings. The van der Waals surface area contributed by atoms with E-state index in [2.05, 4.69) is 10.3 Å². The summed E-state index contributed by atoms with van der Waals surface area (Å²) in [5.74, 6) is -0.0838. The number of nitrogens with one attached hydrogen (secondary N) is 1. The number of aryl methyl sites for hydroxylation is 1. The lowest BCUT2D eigenvalue weighted by molar-refractivity contribution is -0.142. The first-order valence-electron chi connectivity index (χ1n) is 4.81. The van der Waals surface area contributed by atoms with Crippen molar-refractivity contribution in [3.05, 3.63) is 11.1 Å². The van der Waals surface area contributed by atoms with Gasteiger partial charge in [0.05, 0.1) is 12.8 Å². The van der Waals surface area contributed by atoms with Gasteiger partial charge in [-0.3, -0.25) is 0 Å². The highest BCUT2D eigenvalue weighted by Crippen LogP contribution is 2.18. The van der Waals surface area contributed by atoms with Crippen LogP contribution in [0.5, 0.6) is 0 Å². The summed E-state index contributed by atoms with van der Waals surface area (Å²) in [5.41, 5.74) is 0.954. The Morgan fingerprint density at radius 2 is 2.27 bits per heavy atom. The predicted molar refractivity (Wildman–Crippen MR) is 61.1 cm³/mol. The summed E-state index contributed by atoms with van der Waals surface area (Å²) in [6, 6.07) is -0.333. The summed E-state index contributed by atoms with van der Waals surface area (Å²) < 4.78 is 4.73. The Balaban J connectivity index is 2.71. The lowest BCUT2D eigenvalue weighted by Crippen LogP contribution is -2.35. The largest absolute Gasteiger partial charge is 0.467 e. The first-order valence-corrected chi connectivity index (χ1v) is 5.69. The highest BCUT2D eigenvalue weighted by Gasteiger charge is 2.23. The maximum atomic E-state index is 11.5. The van der Waals surface area contributed by atoms with Crippen molar-refractivity contribution in [3.63, 3.8) is 0 Å². The molecule has 1 atom stereocenters.